The first-order valence-electron chi connectivity index (χ1n) is 6.61. The number of benzene rings is 1. The van der Waals surface area contributed by atoms with E-state index in [1.165, 1.54) is 16.7 Å². The zero-order chi connectivity index (χ0) is 13.1. The third-order valence-electron chi connectivity index (χ3n) is 3.33. The molecule has 0 aliphatic heterocycles. The third-order valence-corrected chi connectivity index (χ3v) is 3.96. The highest BCUT2D eigenvalue weighted by Gasteiger charge is 2.15. The highest BCUT2D eigenvalue weighted by atomic mass is 32.1. The molecule has 96 valence electrons. The molecule has 0 aromatic heterocycles. The van der Waals surface area contributed by atoms with Crippen LogP contribution in [0.25, 0.3) is 0 Å². The van der Waals surface area contributed by atoms with Gasteiger partial charge < -0.3 is 0 Å². The summed E-state index contributed by atoms with van der Waals surface area (Å²) in [7, 11) is 0. The minimum absolute atomic E-state index is 0.241. The standard InChI is InChI=1S/C16H26S/c1-6-13-7-8-15(16(3,4)5)10-14(13)9-12(2)11-17/h7-8,10,12,17H,6,9,11H2,1-5H3. The Morgan fingerprint density at radius 3 is 2.29 bits per heavy atom. The van der Waals surface area contributed by atoms with Gasteiger partial charge in [-0.05, 0) is 46.6 Å². The van der Waals surface area contributed by atoms with Gasteiger partial charge in [-0.25, -0.2) is 0 Å². The van der Waals surface area contributed by atoms with E-state index in [2.05, 4.69) is 65.4 Å². The van der Waals surface area contributed by atoms with Gasteiger partial charge in [-0.3, -0.25) is 0 Å². The monoisotopic (exact) mass is 250 g/mol. The summed E-state index contributed by atoms with van der Waals surface area (Å²) in [6.07, 6.45) is 2.27. The summed E-state index contributed by atoms with van der Waals surface area (Å²) in [4.78, 5) is 0. The molecule has 0 aliphatic carbocycles. The molecule has 1 aromatic rings. The Morgan fingerprint density at radius 1 is 1.18 bits per heavy atom. The summed E-state index contributed by atoms with van der Waals surface area (Å²) in [6.45, 7) is 11.3. The molecule has 0 aliphatic rings. The van der Waals surface area contributed by atoms with Gasteiger partial charge in [-0.15, -0.1) is 0 Å². The van der Waals surface area contributed by atoms with E-state index in [9.17, 15) is 0 Å². The minimum atomic E-state index is 0.241. The first-order valence-corrected chi connectivity index (χ1v) is 7.24. The van der Waals surface area contributed by atoms with Crippen molar-refractivity contribution in [2.24, 2.45) is 5.92 Å². The highest BCUT2D eigenvalue weighted by molar-refractivity contribution is 7.80. The van der Waals surface area contributed by atoms with Gasteiger partial charge in [0.25, 0.3) is 0 Å². The average molecular weight is 250 g/mol. The Hall–Kier alpha value is -0.430. The molecule has 1 rings (SSSR count). The molecular formula is C16H26S. The van der Waals surface area contributed by atoms with Crippen molar-refractivity contribution in [2.45, 2.75) is 52.9 Å². The Labute approximate surface area is 112 Å². The second kappa shape index (κ2) is 5.95. The Morgan fingerprint density at radius 2 is 1.82 bits per heavy atom. The van der Waals surface area contributed by atoms with Gasteiger partial charge in [-0.1, -0.05) is 52.8 Å². The van der Waals surface area contributed by atoms with Gasteiger partial charge in [0.05, 0.1) is 0 Å². The summed E-state index contributed by atoms with van der Waals surface area (Å²) < 4.78 is 0. The predicted molar refractivity (Wildman–Crippen MR) is 81.2 cm³/mol. The van der Waals surface area contributed by atoms with Crippen molar-refractivity contribution in [3.05, 3.63) is 34.9 Å². The van der Waals surface area contributed by atoms with E-state index in [1.807, 2.05) is 0 Å². The lowest BCUT2D eigenvalue weighted by Gasteiger charge is -2.22. The molecule has 0 fully saturated rings. The Balaban J connectivity index is 3.07. The van der Waals surface area contributed by atoms with Gasteiger partial charge in [0.1, 0.15) is 0 Å². The van der Waals surface area contributed by atoms with Crippen molar-refractivity contribution in [3.63, 3.8) is 0 Å². The van der Waals surface area contributed by atoms with E-state index in [4.69, 9.17) is 0 Å². The molecule has 0 saturated heterocycles. The molecule has 1 unspecified atom stereocenters. The molecule has 17 heavy (non-hydrogen) atoms. The molecule has 1 atom stereocenters. The van der Waals surface area contributed by atoms with E-state index < -0.39 is 0 Å². The lowest BCUT2D eigenvalue weighted by Crippen LogP contribution is -2.13. The van der Waals surface area contributed by atoms with Gasteiger partial charge in [0, 0.05) is 0 Å². The molecule has 1 heteroatoms. The van der Waals surface area contributed by atoms with Crippen molar-refractivity contribution in [3.8, 4) is 0 Å². The van der Waals surface area contributed by atoms with Crippen LogP contribution < -0.4 is 0 Å². The fraction of sp³-hybridized carbons (Fsp3) is 0.625. The molecule has 0 nitrogen and oxygen atoms in total. The summed E-state index contributed by atoms with van der Waals surface area (Å²) >= 11 is 4.39. The maximum Gasteiger partial charge on any atom is -0.00690 e. The minimum Gasteiger partial charge on any atom is -0.179 e. The van der Waals surface area contributed by atoms with Gasteiger partial charge in [0.2, 0.25) is 0 Å². The number of rotatable bonds is 4. The summed E-state index contributed by atoms with van der Waals surface area (Å²) in [5.74, 6) is 1.61. The molecular weight excluding hydrogens is 224 g/mol. The second-order valence-electron chi connectivity index (χ2n) is 6.08. The zero-order valence-electron chi connectivity index (χ0n) is 11.9. The van der Waals surface area contributed by atoms with Crippen molar-refractivity contribution in [1.29, 1.82) is 0 Å². The summed E-state index contributed by atoms with van der Waals surface area (Å²) in [6, 6.07) is 6.99. The molecule has 0 bridgehead atoms. The van der Waals surface area contributed by atoms with Crippen LogP contribution >= 0.6 is 12.6 Å². The van der Waals surface area contributed by atoms with Crippen molar-refractivity contribution < 1.29 is 0 Å². The fourth-order valence-electron chi connectivity index (χ4n) is 2.07. The van der Waals surface area contributed by atoms with E-state index in [-0.39, 0.29) is 5.41 Å². The largest absolute Gasteiger partial charge is 0.179 e. The van der Waals surface area contributed by atoms with Gasteiger partial charge in [0.15, 0.2) is 0 Å². The molecule has 0 amide bonds. The zero-order valence-corrected chi connectivity index (χ0v) is 12.8. The number of hydrogen-bond donors (Lipinski definition) is 1. The average Bonchev–Trinajstić information content (AvgIpc) is 2.27. The Kier molecular flexibility index (Phi) is 5.12. The van der Waals surface area contributed by atoms with Crippen LogP contribution in [0.2, 0.25) is 0 Å². The van der Waals surface area contributed by atoms with Crippen LogP contribution in [-0.4, -0.2) is 5.75 Å². The normalized spacial score (nSPS) is 13.8. The van der Waals surface area contributed by atoms with Crippen LogP contribution in [-0.2, 0) is 18.3 Å². The second-order valence-corrected chi connectivity index (χ2v) is 6.44. The quantitative estimate of drug-likeness (QED) is 0.739. The molecule has 0 saturated carbocycles. The lowest BCUT2D eigenvalue weighted by molar-refractivity contribution is 0.586. The van der Waals surface area contributed by atoms with Crippen LogP contribution in [0, 0.1) is 5.92 Å². The molecule has 0 N–H and O–H groups in total. The van der Waals surface area contributed by atoms with Crippen LogP contribution in [0.1, 0.15) is 51.3 Å². The first-order chi connectivity index (χ1) is 7.88. The van der Waals surface area contributed by atoms with Crippen molar-refractivity contribution in [1.82, 2.24) is 0 Å². The van der Waals surface area contributed by atoms with Crippen molar-refractivity contribution in [2.75, 3.05) is 5.75 Å². The number of hydrogen-bond acceptors (Lipinski definition) is 1. The van der Waals surface area contributed by atoms with E-state index >= 15 is 0 Å². The smallest absolute Gasteiger partial charge is 0.00690 e. The van der Waals surface area contributed by atoms with Crippen LogP contribution in [0.3, 0.4) is 0 Å². The third kappa shape index (κ3) is 4.06. The van der Waals surface area contributed by atoms with E-state index in [0.717, 1.165) is 18.6 Å². The molecule has 0 heterocycles. The van der Waals surface area contributed by atoms with Crippen LogP contribution in [0.5, 0.6) is 0 Å². The van der Waals surface area contributed by atoms with Gasteiger partial charge >= 0.3 is 0 Å². The molecule has 1 aromatic carbocycles. The van der Waals surface area contributed by atoms with E-state index in [1.54, 1.807) is 0 Å². The van der Waals surface area contributed by atoms with Gasteiger partial charge in [-0.2, -0.15) is 12.6 Å². The number of aryl methyl sites for hydroxylation is 1. The predicted octanol–water partition coefficient (Wildman–Crippen LogP) is 4.65. The molecule has 0 spiro atoms. The topological polar surface area (TPSA) is 0 Å². The fourth-order valence-corrected chi connectivity index (χ4v) is 2.20. The maximum absolute atomic E-state index is 4.39. The molecule has 0 radical (unpaired) electrons. The SMILES string of the molecule is CCc1ccc(C(C)(C)C)cc1CC(C)CS. The van der Waals surface area contributed by atoms with Crippen LogP contribution in [0.4, 0.5) is 0 Å². The number of thiol groups is 1. The first kappa shape index (κ1) is 14.6. The van der Waals surface area contributed by atoms with Crippen molar-refractivity contribution >= 4 is 12.6 Å². The van der Waals surface area contributed by atoms with Crippen LogP contribution in [0.15, 0.2) is 18.2 Å². The highest BCUT2D eigenvalue weighted by Crippen LogP contribution is 2.26. The summed E-state index contributed by atoms with van der Waals surface area (Å²) in [5, 5.41) is 0. The maximum atomic E-state index is 4.39. The van der Waals surface area contributed by atoms with E-state index in [0.29, 0.717) is 5.92 Å². The summed E-state index contributed by atoms with van der Waals surface area (Å²) in [5.41, 5.74) is 4.69. The Bertz CT molecular complexity index is 360. The lowest BCUT2D eigenvalue weighted by atomic mass is 9.83.